The molecule has 0 aromatic carbocycles. The number of nitrogens with zero attached hydrogens (tertiary/aromatic N) is 2. The molecule has 0 radical (unpaired) electrons. The van der Waals surface area contributed by atoms with E-state index in [1.165, 1.54) is 6.20 Å². The summed E-state index contributed by atoms with van der Waals surface area (Å²) in [4.78, 5) is 10.6. The third kappa shape index (κ3) is 2.42. The van der Waals surface area contributed by atoms with Crippen LogP contribution in [0.5, 0.6) is 5.75 Å². The van der Waals surface area contributed by atoms with Gasteiger partial charge in [0.25, 0.3) is 0 Å². The quantitative estimate of drug-likeness (QED) is 0.731. The third-order valence-corrected chi connectivity index (χ3v) is 1.60. The zero-order valence-corrected chi connectivity index (χ0v) is 8.44. The van der Waals surface area contributed by atoms with Crippen molar-refractivity contribution in [2.75, 3.05) is 0 Å². The Morgan fingerprint density at radius 3 is 2.64 bits per heavy atom. The monoisotopic (exact) mass is 195 g/mol. The highest BCUT2D eigenvalue weighted by molar-refractivity contribution is 5.68. The number of ether oxygens (including phenoxy) is 1. The van der Waals surface area contributed by atoms with Crippen LogP contribution in [-0.2, 0) is 5.41 Å². The topological polar surface area (TPSA) is 78.1 Å². The van der Waals surface area contributed by atoms with E-state index in [2.05, 4.69) is 10.2 Å². The second kappa shape index (κ2) is 3.61. The van der Waals surface area contributed by atoms with E-state index in [1.54, 1.807) is 6.07 Å². The average Bonchev–Trinajstić information content (AvgIpc) is 2.01. The van der Waals surface area contributed by atoms with E-state index < -0.39 is 6.09 Å². The van der Waals surface area contributed by atoms with Gasteiger partial charge in [0.05, 0.1) is 6.20 Å². The van der Waals surface area contributed by atoms with Crippen LogP contribution in [0.3, 0.4) is 0 Å². The number of hydrogen-bond acceptors (Lipinski definition) is 4. The van der Waals surface area contributed by atoms with Crippen molar-refractivity contribution < 1.29 is 9.53 Å². The van der Waals surface area contributed by atoms with Crippen molar-refractivity contribution in [2.24, 2.45) is 5.73 Å². The minimum Gasteiger partial charge on any atom is -0.408 e. The van der Waals surface area contributed by atoms with E-state index >= 15 is 0 Å². The van der Waals surface area contributed by atoms with Gasteiger partial charge < -0.3 is 10.5 Å². The molecule has 0 atom stereocenters. The van der Waals surface area contributed by atoms with Crippen LogP contribution >= 0.6 is 0 Å². The van der Waals surface area contributed by atoms with E-state index in [9.17, 15) is 4.79 Å². The maximum absolute atomic E-state index is 10.6. The molecule has 76 valence electrons. The van der Waals surface area contributed by atoms with Gasteiger partial charge in [-0.05, 0) is 0 Å². The highest BCUT2D eigenvalue weighted by Gasteiger charge is 2.22. The number of hydrogen-bond donors (Lipinski definition) is 1. The highest BCUT2D eigenvalue weighted by atomic mass is 16.5. The summed E-state index contributed by atoms with van der Waals surface area (Å²) in [5.74, 6) is 0.361. The predicted molar refractivity (Wildman–Crippen MR) is 50.9 cm³/mol. The van der Waals surface area contributed by atoms with E-state index in [0.717, 1.165) is 0 Å². The van der Waals surface area contributed by atoms with Crippen LogP contribution in [-0.4, -0.2) is 16.3 Å². The second-order valence-electron chi connectivity index (χ2n) is 3.92. The van der Waals surface area contributed by atoms with Crippen molar-refractivity contribution in [1.82, 2.24) is 10.2 Å². The first-order chi connectivity index (χ1) is 6.41. The molecule has 1 aromatic rings. The molecule has 1 rings (SSSR count). The molecule has 0 bridgehead atoms. The fourth-order valence-corrected chi connectivity index (χ4v) is 1.03. The number of aromatic nitrogens is 2. The van der Waals surface area contributed by atoms with E-state index in [0.29, 0.717) is 11.4 Å². The fourth-order valence-electron chi connectivity index (χ4n) is 1.03. The molecule has 0 saturated carbocycles. The smallest absolute Gasteiger partial charge is 0.408 e. The lowest BCUT2D eigenvalue weighted by atomic mass is 9.91. The molecule has 0 fully saturated rings. The van der Waals surface area contributed by atoms with Crippen LogP contribution < -0.4 is 10.5 Å². The number of rotatable bonds is 1. The Kier molecular flexibility index (Phi) is 2.69. The van der Waals surface area contributed by atoms with Crippen LogP contribution in [0.4, 0.5) is 4.79 Å². The van der Waals surface area contributed by atoms with Gasteiger partial charge >= 0.3 is 6.09 Å². The molecule has 0 saturated heterocycles. The van der Waals surface area contributed by atoms with Crippen LogP contribution in [0.1, 0.15) is 26.5 Å². The molecule has 5 nitrogen and oxygen atoms in total. The summed E-state index contributed by atoms with van der Waals surface area (Å²) in [6.07, 6.45) is 0.608. The first-order valence-electron chi connectivity index (χ1n) is 4.20. The zero-order chi connectivity index (χ0) is 10.8. The Balaban J connectivity index is 3.10. The maximum atomic E-state index is 10.6. The van der Waals surface area contributed by atoms with Gasteiger partial charge in [0, 0.05) is 11.5 Å². The van der Waals surface area contributed by atoms with E-state index in [1.807, 2.05) is 20.8 Å². The number of nitrogens with two attached hydrogens (primary N) is 1. The first kappa shape index (κ1) is 10.4. The summed E-state index contributed by atoms with van der Waals surface area (Å²) in [6.45, 7) is 5.85. The average molecular weight is 195 g/mol. The van der Waals surface area contributed by atoms with Crippen molar-refractivity contribution in [3.05, 3.63) is 18.0 Å². The lowest BCUT2D eigenvalue weighted by Gasteiger charge is -2.18. The van der Waals surface area contributed by atoms with Gasteiger partial charge in [-0.1, -0.05) is 20.8 Å². The molecule has 0 aliphatic carbocycles. The Labute approximate surface area is 82.3 Å². The largest absolute Gasteiger partial charge is 0.410 e. The molecular formula is C9H13N3O2. The normalized spacial score (nSPS) is 11.1. The molecule has 0 spiro atoms. The highest BCUT2D eigenvalue weighted by Crippen LogP contribution is 2.27. The molecular weight excluding hydrogens is 182 g/mol. The minimum atomic E-state index is -0.844. The molecule has 0 aliphatic rings. The van der Waals surface area contributed by atoms with E-state index in [-0.39, 0.29) is 5.41 Å². The minimum absolute atomic E-state index is 0.237. The van der Waals surface area contributed by atoms with Gasteiger partial charge in [0.15, 0.2) is 5.75 Å². The maximum Gasteiger partial charge on any atom is 0.410 e. The first-order valence-corrected chi connectivity index (χ1v) is 4.20. The van der Waals surface area contributed by atoms with Gasteiger partial charge in [-0.2, -0.15) is 10.2 Å². The van der Waals surface area contributed by atoms with Crippen molar-refractivity contribution in [3.8, 4) is 5.75 Å². The van der Waals surface area contributed by atoms with Gasteiger partial charge in [-0.25, -0.2) is 4.79 Å². The summed E-state index contributed by atoms with van der Waals surface area (Å²) >= 11 is 0. The number of amides is 1. The van der Waals surface area contributed by atoms with E-state index in [4.69, 9.17) is 10.5 Å². The Hall–Kier alpha value is -1.65. The van der Waals surface area contributed by atoms with Crippen LogP contribution in [0, 0.1) is 0 Å². The molecule has 2 N–H and O–H groups in total. The molecule has 1 aromatic heterocycles. The molecule has 1 heterocycles. The van der Waals surface area contributed by atoms with Crippen molar-refractivity contribution in [1.29, 1.82) is 0 Å². The predicted octanol–water partition coefficient (Wildman–Crippen LogP) is 1.23. The van der Waals surface area contributed by atoms with Crippen molar-refractivity contribution >= 4 is 6.09 Å². The summed E-state index contributed by atoms with van der Waals surface area (Å²) in [7, 11) is 0. The molecule has 1 amide bonds. The summed E-state index contributed by atoms with van der Waals surface area (Å²) < 4.78 is 4.81. The second-order valence-corrected chi connectivity index (χ2v) is 3.92. The van der Waals surface area contributed by atoms with Gasteiger partial charge in [0.1, 0.15) is 5.69 Å². The van der Waals surface area contributed by atoms with Gasteiger partial charge in [0.2, 0.25) is 0 Å². The van der Waals surface area contributed by atoms with Crippen LogP contribution in [0.2, 0.25) is 0 Å². The summed E-state index contributed by atoms with van der Waals surface area (Å²) in [6, 6.07) is 1.57. The van der Waals surface area contributed by atoms with Crippen molar-refractivity contribution in [2.45, 2.75) is 26.2 Å². The number of primary amides is 1. The standard InChI is InChI=1S/C9H13N3O2/c1-9(2,3)7-6(14-8(10)13)4-5-11-12-7/h4-5H,1-3H3,(H2,10,13). The molecule has 5 heteroatoms. The Morgan fingerprint density at radius 1 is 1.50 bits per heavy atom. The van der Waals surface area contributed by atoms with Crippen molar-refractivity contribution in [3.63, 3.8) is 0 Å². The number of carbonyl (C=O) groups is 1. The zero-order valence-electron chi connectivity index (χ0n) is 8.44. The molecule has 0 unspecified atom stereocenters. The molecule has 14 heavy (non-hydrogen) atoms. The molecule has 0 aliphatic heterocycles. The fraction of sp³-hybridized carbons (Fsp3) is 0.444. The lowest BCUT2D eigenvalue weighted by molar-refractivity contribution is 0.209. The Bertz CT molecular complexity index is 344. The van der Waals surface area contributed by atoms with Crippen LogP contribution in [0.25, 0.3) is 0 Å². The van der Waals surface area contributed by atoms with Crippen LogP contribution in [0.15, 0.2) is 12.3 Å². The summed E-state index contributed by atoms with van der Waals surface area (Å²) in [5, 5.41) is 7.66. The number of carbonyl (C=O) groups excluding carboxylic acids is 1. The SMILES string of the molecule is CC(C)(C)c1nnccc1OC(N)=O. The summed E-state index contributed by atoms with van der Waals surface area (Å²) in [5.41, 5.74) is 5.30. The van der Waals surface area contributed by atoms with Gasteiger partial charge in [-0.3, -0.25) is 0 Å². The van der Waals surface area contributed by atoms with Gasteiger partial charge in [-0.15, -0.1) is 0 Å². The Morgan fingerprint density at radius 2 is 2.14 bits per heavy atom. The lowest BCUT2D eigenvalue weighted by Crippen LogP contribution is -2.21. The third-order valence-electron chi connectivity index (χ3n) is 1.60.